The van der Waals surface area contributed by atoms with E-state index in [1.54, 1.807) is 0 Å². The molecule has 1 N–H and O–H groups in total. The SMILES string of the molecule is Clc1cccc(-c2cn3cc(N4CCNCC4)ccc3n2)c1. The molecule has 0 unspecified atom stereocenters. The van der Waals surface area contributed by atoms with Crippen molar-refractivity contribution < 1.29 is 0 Å². The van der Waals surface area contributed by atoms with Crippen molar-refractivity contribution >= 4 is 22.9 Å². The number of halogens is 1. The number of fused-ring (bicyclic) bond motifs is 1. The summed E-state index contributed by atoms with van der Waals surface area (Å²) in [5.74, 6) is 0. The van der Waals surface area contributed by atoms with Crippen LogP contribution < -0.4 is 10.2 Å². The minimum Gasteiger partial charge on any atom is -0.368 e. The highest BCUT2D eigenvalue weighted by Gasteiger charge is 2.12. The van der Waals surface area contributed by atoms with E-state index in [0.29, 0.717) is 0 Å². The molecule has 0 aliphatic carbocycles. The molecule has 0 amide bonds. The van der Waals surface area contributed by atoms with Crippen molar-refractivity contribution in [2.75, 3.05) is 31.1 Å². The largest absolute Gasteiger partial charge is 0.368 e. The Morgan fingerprint density at radius 3 is 2.73 bits per heavy atom. The monoisotopic (exact) mass is 312 g/mol. The third kappa shape index (κ3) is 2.56. The molecule has 0 atom stereocenters. The van der Waals surface area contributed by atoms with Gasteiger partial charge in [-0.15, -0.1) is 0 Å². The normalized spacial score (nSPS) is 15.4. The van der Waals surface area contributed by atoms with Crippen molar-refractivity contribution in [1.29, 1.82) is 0 Å². The molecule has 1 aliphatic heterocycles. The lowest BCUT2D eigenvalue weighted by Gasteiger charge is -2.29. The van der Waals surface area contributed by atoms with Gasteiger partial charge >= 0.3 is 0 Å². The van der Waals surface area contributed by atoms with Crippen molar-refractivity contribution in [1.82, 2.24) is 14.7 Å². The number of hydrogen-bond donors (Lipinski definition) is 1. The lowest BCUT2D eigenvalue weighted by molar-refractivity contribution is 0.588. The topological polar surface area (TPSA) is 32.6 Å². The average Bonchev–Trinajstić information content (AvgIpc) is 2.99. The molecule has 1 fully saturated rings. The van der Waals surface area contributed by atoms with Crippen molar-refractivity contribution in [3.05, 3.63) is 53.8 Å². The first kappa shape index (κ1) is 13.6. The van der Waals surface area contributed by atoms with E-state index in [1.165, 1.54) is 5.69 Å². The van der Waals surface area contributed by atoms with Gasteiger partial charge in [-0.2, -0.15) is 0 Å². The molecule has 0 radical (unpaired) electrons. The van der Waals surface area contributed by atoms with Crippen LogP contribution in [-0.2, 0) is 0 Å². The lowest BCUT2D eigenvalue weighted by Crippen LogP contribution is -2.43. The van der Waals surface area contributed by atoms with E-state index in [2.05, 4.69) is 44.1 Å². The van der Waals surface area contributed by atoms with Gasteiger partial charge in [0.1, 0.15) is 5.65 Å². The Balaban J connectivity index is 1.71. The first-order valence-corrected chi connectivity index (χ1v) is 7.88. The number of nitrogens with zero attached hydrogens (tertiary/aromatic N) is 3. The van der Waals surface area contributed by atoms with Gasteiger partial charge in [-0.3, -0.25) is 0 Å². The van der Waals surface area contributed by atoms with Crippen LogP contribution in [0.25, 0.3) is 16.9 Å². The molecule has 112 valence electrons. The molecule has 2 aromatic heterocycles. The van der Waals surface area contributed by atoms with E-state index in [1.807, 2.05) is 24.3 Å². The number of anilines is 1. The molecule has 0 spiro atoms. The van der Waals surface area contributed by atoms with Gasteiger partial charge in [0.2, 0.25) is 0 Å². The fourth-order valence-electron chi connectivity index (χ4n) is 2.88. The number of imidazole rings is 1. The summed E-state index contributed by atoms with van der Waals surface area (Å²) in [6, 6.07) is 12.0. The Bertz CT molecular complexity index is 805. The van der Waals surface area contributed by atoms with Gasteiger partial charge in [0.25, 0.3) is 0 Å². The smallest absolute Gasteiger partial charge is 0.137 e. The summed E-state index contributed by atoms with van der Waals surface area (Å²) in [5.41, 5.74) is 4.18. The molecule has 3 aromatic rings. The van der Waals surface area contributed by atoms with Gasteiger partial charge in [0.15, 0.2) is 0 Å². The fraction of sp³-hybridized carbons (Fsp3) is 0.235. The summed E-state index contributed by atoms with van der Waals surface area (Å²) < 4.78 is 2.09. The van der Waals surface area contributed by atoms with Crippen molar-refractivity contribution in [3.63, 3.8) is 0 Å². The van der Waals surface area contributed by atoms with Crippen molar-refractivity contribution in [3.8, 4) is 11.3 Å². The first-order valence-electron chi connectivity index (χ1n) is 7.50. The second-order valence-corrected chi connectivity index (χ2v) is 5.96. The molecule has 1 saturated heterocycles. The maximum atomic E-state index is 6.07. The molecule has 1 aromatic carbocycles. The van der Waals surface area contributed by atoms with Gasteiger partial charge in [0, 0.05) is 49.2 Å². The number of nitrogens with one attached hydrogen (secondary N) is 1. The number of piperazine rings is 1. The first-order chi connectivity index (χ1) is 10.8. The molecular weight excluding hydrogens is 296 g/mol. The third-order valence-electron chi connectivity index (χ3n) is 4.04. The van der Waals surface area contributed by atoms with E-state index < -0.39 is 0 Å². The Hall–Kier alpha value is -2.04. The molecule has 1 aliphatic rings. The minimum absolute atomic E-state index is 0.732. The van der Waals surface area contributed by atoms with E-state index in [0.717, 1.165) is 48.1 Å². The quantitative estimate of drug-likeness (QED) is 0.789. The predicted molar refractivity (Wildman–Crippen MR) is 90.7 cm³/mol. The van der Waals surface area contributed by atoms with Crippen LogP contribution >= 0.6 is 11.6 Å². The zero-order valence-electron chi connectivity index (χ0n) is 12.2. The molecule has 5 heteroatoms. The number of pyridine rings is 1. The number of aromatic nitrogens is 2. The van der Waals surface area contributed by atoms with Gasteiger partial charge in [-0.05, 0) is 24.3 Å². The molecule has 4 rings (SSSR count). The van der Waals surface area contributed by atoms with Gasteiger partial charge < -0.3 is 14.6 Å². The summed E-state index contributed by atoms with van der Waals surface area (Å²) in [7, 11) is 0. The highest BCUT2D eigenvalue weighted by molar-refractivity contribution is 6.30. The molecule has 22 heavy (non-hydrogen) atoms. The Kier molecular flexibility index (Phi) is 3.48. The number of rotatable bonds is 2. The van der Waals surface area contributed by atoms with Crippen LogP contribution in [0.15, 0.2) is 48.8 Å². The van der Waals surface area contributed by atoms with Gasteiger partial charge in [-0.25, -0.2) is 4.98 Å². The molecular formula is C17H17ClN4. The van der Waals surface area contributed by atoms with E-state index in [9.17, 15) is 0 Å². The molecule has 3 heterocycles. The summed E-state index contributed by atoms with van der Waals surface area (Å²) in [4.78, 5) is 7.08. The maximum absolute atomic E-state index is 6.07. The molecule has 0 bridgehead atoms. The average molecular weight is 313 g/mol. The van der Waals surface area contributed by atoms with E-state index >= 15 is 0 Å². The van der Waals surface area contributed by atoms with E-state index in [4.69, 9.17) is 11.6 Å². The van der Waals surface area contributed by atoms with Gasteiger partial charge in [-0.1, -0.05) is 23.7 Å². The summed E-state index contributed by atoms with van der Waals surface area (Å²) in [6.07, 6.45) is 4.22. The fourth-order valence-corrected chi connectivity index (χ4v) is 3.07. The van der Waals surface area contributed by atoms with Crippen LogP contribution in [0.1, 0.15) is 0 Å². The van der Waals surface area contributed by atoms with Crippen LogP contribution in [-0.4, -0.2) is 35.6 Å². The van der Waals surface area contributed by atoms with Crippen molar-refractivity contribution in [2.24, 2.45) is 0 Å². The predicted octanol–water partition coefficient (Wildman–Crippen LogP) is 3.06. The second-order valence-electron chi connectivity index (χ2n) is 5.53. The van der Waals surface area contributed by atoms with Crippen LogP contribution in [0.4, 0.5) is 5.69 Å². The summed E-state index contributed by atoms with van der Waals surface area (Å²) in [6.45, 7) is 4.16. The number of hydrogen-bond acceptors (Lipinski definition) is 3. The Morgan fingerprint density at radius 2 is 1.91 bits per heavy atom. The molecule has 4 nitrogen and oxygen atoms in total. The maximum Gasteiger partial charge on any atom is 0.137 e. The van der Waals surface area contributed by atoms with Gasteiger partial charge in [0.05, 0.1) is 11.4 Å². The third-order valence-corrected chi connectivity index (χ3v) is 4.27. The minimum atomic E-state index is 0.732. The molecule has 0 saturated carbocycles. The zero-order chi connectivity index (χ0) is 14.9. The van der Waals surface area contributed by atoms with Crippen molar-refractivity contribution in [2.45, 2.75) is 0 Å². The Labute approximate surface area is 134 Å². The van der Waals surface area contributed by atoms with E-state index in [-0.39, 0.29) is 0 Å². The summed E-state index contributed by atoms with van der Waals surface area (Å²) in [5, 5.41) is 4.11. The Morgan fingerprint density at radius 1 is 1.05 bits per heavy atom. The highest BCUT2D eigenvalue weighted by Crippen LogP contribution is 2.24. The standard InChI is InChI=1S/C17H17ClN4/c18-14-3-1-2-13(10-14)16-12-22-11-15(4-5-17(22)20-16)21-8-6-19-7-9-21/h1-5,10-12,19H,6-9H2. The highest BCUT2D eigenvalue weighted by atomic mass is 35.5. The number of benzene rings is 1. The van der Waals surface area contributed by atoms with Crippen LogP contribution in [0, 0.1) is 0 Å². The van der Waals surface area contributed by atoms with Crippen LogP contribution in [0.5, 0.6) is 0 Å². The summed E-state index contributed by atoms with van der Waals surface area (Å²) >= 11 is 6.07. The zero-order valence-corrected chi connectivity index (χ0v) is 12.9. The second kappa shape index (κ2) is 5.63. The van der Waals surface area contributed by atoms with Crippen LogP contribution in [0.3, 0.4) is 0 Å². The lowest BCUT2D eigenvalue weighted by atomic mass is 10.2. The van der Waals surface area contributed by atoms with Crippen LogP contribution in [0.2, 0.25) is 5.02 Å².